The molecule has 122 valence electrons. The second kappa shape index (κ2) is 6.99. The number of amides is 1. The van der Waals surface area contributed by atoms with E-state index in [0.717, 1.165) is 25.7 Å². The number of piperidine rings is 1. The van der Waals surface area contributed by atoms with Gasteiger partial charge in [0, 0.05) is 19.1 Å². The van der Waals surface area contributed by atoms with Gasteiger partial charge in [0.1, 0.15) is 0 Å². The zero-order chi connectivity index (χ0) is 15.5. The van der Waals surface area contributed by atoms with Crippen LogP contribution < -0.4 is 5.32 Å². The Kier molecular flexibility index (Phi) is 5.52. The normalized spacial score (nSPS) is 28.4. The van der Waals surface area contributed by atoms with Crippen molar-refractivity contribution in [1.29, 1.82) is 0 Å². The summed E-state index contributed by atoms with van der Waals surface area (Å²) in [6.07, 6.45) is 1.73. The number of hydrogen-bond donors (Lipinski definition) is 1. The van der Waals surface area contributed by atoms with Crippen LogP contribution in [0.3, 0.4) is 0 Å². The monoisotopic (exact) mass is 306 g/mol. The summed E-state index contributed by atoms with van der Waals surface area (Å²) in [4.78, 5) is 14.4. The first-order chi connectivity index (χ1) is 9.93. The fourth-order valence-corrected chi connectivity index (χ4v) is 3.53. The Hall–Kier alpha value is -0.780. The van der Waals surface area contributed by atoms with Crippen LogP contribution in [0.5, 0.6) is 0 Å². The molecule has 1 aliphatic carbocycles. The molecule has 0 aromatic carbocycles. The van der Waals surface area contributed by atoms with E-state index in [9.17, 15) is 18.0 Å². The molecule has 2 fully saturated rings. The minimum Gasteiger partial charge on any atom is -0.339 e. The SMILES string of the molecule is CCN(C(=O)C1CCC(C(F)(F)F)CN1)C1CCCCC1. The number of nitrogens with one attached hydrogen (secondary N) is 1. The highest BCUT2D eigenvalue weighted by molar-refractivity contribution is 5.82. The number of likely N-dealkylation sites (N-methyl/N-ethyl adjacent to an activating group) is 1. The molecule has 1 saturated carbocycles. The molecular formula is C15H25F3N2O. The summed E-state index contributed by atoms with van der Waals surface area (Å²) in [5, 5.41) is 2.82. The minimum atomic E-state index is -4.16. The summed E-state index contributed by atoms with van der Waals surface area (Å²) >= 11 is 0. The Labute approximate surface area is 124 Å². The topological polar surface area (TPSA) is 32.3 Å². The van der Waals surface area contributed by atoms with Crippen molar-refractivity contribution in [2.24, 2.45) is 5.92 Å². The standard InChI is InChI=1S/C15H25F3N2O/c1-2-20(12-6-4-3-5-7-12)14(21)13-9-8-11(10-19-13)15(16,17)18/h11-13,19H,2-10H2,1H3. The van der Waals surface area contributed by atoms with Crippen molar-refractivity contribution in [2.45, 2.75) is 70.1 Å². The third-order valence-electron chi connectivity index (χ3n) is 4.81. The molecule has 3 nitrogen and oxygen atoms in total. The molecule has 2 rings (SSSR count). The van der Waals surface area contributed by atoms with Crippen molar-refractivity contribution >= 4 is 5.91 Å². The lowest BCUT2D eigenvalue weighted by Crippen LogP contribution is -2.54. The summed E-state index contributed by atoms with van der Waals surface area (Å²) in [7, 11) is 0. The summed E-state index contributed by atoms with van der Waals surface area (Å²) < 4.78 is 37.9. The van der Waals surface area contributed by atoms with Crippen molar-refractivity contribution in [3.8, 4) is 0 Å². The first kappa shape index (κ1) is 16.6. The van der Waals surface area contributed by atoms with Crippen molar-refractivity contribution in [3.63, 3.8) is 0 Å². The fourth-order valence-electron chi connectivity index (χ4n) is 3.53. The number of alkyl halides is 3. The van der Waals surface area contributed by atoms with E-state index < -0.39 is 18.1 Å². The molecule has 21 heavy (non-hydrogen) atoms. The Morgan fingerprint density at radius 2 is 1.81 bits per heavy atom. The molecule has 2 atom stereocenters. The molecule has 0 aromatic heterocycles. The smallest absolute Gasteiger partial charge is 0.339 e. The first-order valence-corrected chi connectivity index (χ1v) is 8.04. The predicted octanol–water partition coefficient (Wildman–Crippen LogP) is 3.10. The van der Waals surface area contributed by atoms with Gasteiger partial charge in [0.15, 0.2) is 0 Å². The molecule has 0 spiro atoms. The number of hydrogen-bond acceptors (Lipinski definition) is 2. The maximum Gasteiger partial charge on any atom is 0.393 e. The average Bonchev–Trinajstić information content (AvgIpc) is 2.48. The van der Waals surface area contributed by atoms with Crippen molar-refractivity contribution in [2.75, 3.05) is 13.1 Å². The fraction of sp³-hybridized carbons (Fsp3) is 0.933. The maximum atomic E-state index is 12.6. The Morgan fingerprint density at radius 1 is 1.14 bits per heavy atom. The van der Waals surface area contributed by atoms with Gasteiger partial charge in [-0.05, 0) is 32.6 Å². The van der Waals surface area contributed by atoms with Gasteiger partial charge in [-0.3, -0.25) is 4.79 Å². The highest BCUT2D eigenvalue weighted by Crippen LogP contribution is 2.32. The van der Waals surface area contributed by atoms with Gasteiger partial charge in [-0.1, -0.05) is 19.3 Å². The van der Waals surface area contributed by atoms with E-state index in [4.69, 9.17) is 0 Å². The molecule has 2 aliphatic rings. The van der Waals surface area contributed by atoms with Gasteiger partial charge in [0.25, 0.3) is 0 Å². The van der Waals surface area contributed by atoms with Gasteiger partial charge in [-0.15, -0.1) is 0 Å². The van der Waals surface area contributed by atoms with Gasteiger partial charge in [-0.25, -0.2) is 0 Å². The third kappa shape index (κ3) is 4.11. The zero-order valence-corrected chi connectivity index (χ0v) is 12.6. The average molecular weight is 306 g/mol. The highest BCUT2D eigenvalue weighted by atomic mass is 19.4. The molecule has 0 radical (unpaired) electrons. The predicted molar refractivity (Wildman–Crippen MR) is 74.8 cm³/mol. The van der Waals surface area contributed by atoms with Gasteiger partial charge < -0.3 is 10.2 Å². The van der Waals surface area contributed by atoms with E-state index in [-0.39, 0.29) is 31.3 Å². The van der Waals surface area contributed by atoms with E-state index in [1.807, 2.05) is 11.8 Å². The second-order valence-corrected chi connectivity index (χ2v) is 6.19. The molecular weight excluding hydrogens is 281 g/mol. The Bertz CT molecular complexity index is 345. The number of carbonyl (C=O) groups excluding carboxylic acids is 1. The molecule has 2 unspecified atom stereocenters. The van der Waals surface area contributed by atoms with E-state index >= 15 is 0 Å². The molecule has 0 bridgehead atoms. The number of carbonyl (C=O) groups is 1. The van der Waals surface area contributed by atoms with Crippen molar-refractivity contribution in [3.05, 3.63) is 0 Å². The van der Waals surface area contributed by atoms with Gasteiger partial charge in [-0.2, -0.15) is 13.2 Å². The van der Waals surface area contributed by atoms with Crippen LogP contribution >= 0.6 is 0 Å². The molecule has 1 heterocycles. The molecule has 1 aliphatic heterocycles. The van der Waals surface area contributed by atoms with Gasteiger partial charge >= 0.3 is 6.18 Å². The summed E-state index contributed by atoms with van der Waals surface area (Å²) in [6, 6.07) is -0.163. The zero-order valence-electron chi connectivity index (χ0n) is 12.6. The molecule has 1 N–H and O–H groups in total. The molecule has 0 aromatic rings. The molecule has 1 saturated heterocycles. The van der Waals surface area contributed by atoms with Crippen LogP contribution in [0.4, 0.5) is 13.2 Å². The highest BCUT2D eigenvalue weighted by Gasteiger charge is 2.43. The van der Waals surface area contributed by atoms with Crippen molar-refractivity contribution in [1.82, 2.24) is 10.2 Å². The van der Waals surface area contributed by atoms with Crippen LogP contribution in [0, 0.1) is 5.92 Å². The lowest BCUT2D eigenvalue weighted by molar-refractivity contribution is -0.181. The lowest BCUT2D eigenvalue weighted by atomic mass is 9.91. The van der Waals surface area contributed by atoms with Gasteiger partial charge in [0.05, 0.1) is 12.0 Å². The van der Waals surface area contributed by atoms with Crippen LogP contribution in [0.2, 0.25) is 0 Å². The summed E-state index contributed by atoms with van der Waals surface area (Å²) in [5.74, 6) is -1.32. The maximum absolute atomic E-state index is 12.6. The summed E-state index contributed by atoms with van der Waals surface area (Å²) in [5.41, 5.74) is 0. The lowest BCUT2D eigenvalue weighted by Gasteiger charge is -2.38. The largest absolute Gasteiger partial charge is 0.393 e. The number of rotatable bonds is 3. The Balaban J connectivity index is 1.90. The van der Waals surface area contributed by atoms with E-state index in [0.29, 0.717) is 6.54 Å². The Morgan fingerprint density at radius 3 is 2.29 bits per heavy atom. The minimum absolute atomic E-state index is 0.00924. The van der Waals surface area contributed by atoms with Crippen LogP contribution in [0.15, 0.2) is 0 Å². The van der Waals surface area contributed by atoms with E-state index in [1.165, 1.54) is 6.42 Å². The van der Waals surface area contributed by atoms with Crippen LogP contribution in [-0.2, 0) is 4.79 Å². The quantitative estimate of drug-likeness (QED) is 0.869. The number of nitrogens with zero attached hydrogens (tertiary/aromatic N) is 1. The third-order valence-corrected chi connectivity index (χ3v) is 4.81. The second-order valence-electron chi connectivity index (χ2n) is 6.19. The first-order valence-electron chi connectivity index (χ1n) is 8.04. The van der Waals surface area contributed by atoms with E-state index in [2.05, 4.69) is 5.32 Å². The van der Waals surface area contributed by atoms with Crippen LogP contribution in [0.25, 0.3) is 0 Å². The number of halogens is 3. The van der Waals surface area contributed by atoms with Gasteiger partial charge in [0.2, 0.25) is 5.91 Å². The van der Waals surface area contributed by atoms with Crippen LogP contribution in [0.1, 0.15) is 51.9 Å². The van der Waals surface area contributed by atoms with Crippen LogP contribution in [-0.4, -0.2) is 42.2 Å². The molecule has 6 heteroatoms. The summed E-state index contributed by atoms with van der Waals surface area (Å²) in [6.45, 7) is 2.46. The van der Waals surface area contributed by atoms with Crippen molar-refractivity contribution < 1.29 is 18.0 Å². The van der Waals surface area contributed by atoms with E-state index in [1.54, 1.807) is 0 Å². The molecule has 1 amide bonds.